The van der Waals surface area contributed by atoms with Crippen LogP contribution in [-0.2, 0) is 23.9 Å². The molecule has 0 saturated heterocycles. The van der Waals surface area contributed by atoms with E-state index < -0.39 is 41.1 Å². The van der Waals surface area contributed by atoms with Crippen molar-refractivity contribution in [2.45, 2.75) is 58.5 Å². The van der Waals surface area contributed by atoms with E-state index in [1.807, 2.05) is 24.3 Å². The zero-order valence-corrected chi connectivity index (χ0v) is 17.2. The van der Waals surface area contributed by atoms with Crippen LogP contribution < -0.4 is 0 Å². The van der Waals surface area contributed by atoms with E-state index in [4.69, 9.17) is 9.47 Å². The molecule has 1 N–H and O–H groups in total. The van der Waals surface area contributed by atoms with Crippen LogP contribution in [0.2, 0.25) is 0 Å². The van der Waals surface area contributed by atoms with E-state index in [-0.39, 0.29) is 19.6 Å². The van der Waals surface area contributed by atoms with E-state index in [1.165, 1.54) is 6.92 Å². The molecular formula is C22H30O6. The molecule has 0 unspecified atom stereocenters. The Kier molecular flexibility index (Phi) is 6.99. The minimum Gasteiger partial charge on any atom is -0.466 e. The van der Waals surface area contributed by atoms with Crippen LogP contribution >= 0.6 is 0 Å². The fourth-order valence-electron chi connectivity index (χ4n) is 3.98. The summed E-state index contributed by atoms with van der Waals surface area (Å²) in [6.07, 6.45) is -0.305. The van der Waals surface area contributed by atoms with Crippen molar-refractivity contribution in [3.05, 3.63) is 35.4 Å². The van der Waals surface area contributed by atoms with Crippen molar-refractivity contribution in [1.29, 1.82) is 0 Å². The lowest BCUT2D eigenvalue weighted by Gasteiger charge is -2.43. The summed E-state index contributed by atoms with van der Waals surface area (Å²) in [5.41, 5.74) is 0.111. The van der Waals surface area contributed by atoms with Gasteiger partial charge in [0.2, 0.25) is 0 Å². The number of benzene rings is 1. The van der Waals surface area contributed by atoms with Gasteiger partial charge < -0.3 is 14.6 Å². The topological polar surface area (TPSA) is 89.9 Å². The minimum absolute atomic E-state index is 0.127. The zero-order chi connectivity index (χ0) is 21.1. The first-order valence-corrected chi connectivity index (χ1v) is 9.82. The average molecular weight is 390 g/mol. The lowest BCUT2D eigenvalue weighted by Crippen LogP contribution is -2.55. The summed E-state index contributed by atoms with van der Waals surface area (Å²) in [6.45, 7) is 9.18. The normalized spacial score (nSPS) is 27.5. The highest BCUT2D eigenvalue weighted by Crippen LogP contribution is 2.46. The fraction of sp³-hybridized carbons (Fsp3) is 0.591. The maximum Gasteiger partial charge on any atom is 0.317 e. The van der Waals surface area contributed by atoms with Gasteiger partial charge in [0.15, 0.2) is 5.78 Å². The van der Waals surface area contributed by atoms with Crippen LogP contribution in [0.25, 0.3) is 0 Å². The van der Waals surface area contributed by atoms with E-state index in [1.54, 1.807) is 13.8 Å². The third-order valence-electron chi connectivity index (χ3n) is 5.34. The largest absolute Gasteiger partial charge is 0.466 e. The van der Waals surface area contributed by atoms with Gasteiger partial charge in [-0.05, 0) is 37.8 Å². The second kappa shape index (κ2) is 8.86. The summed E-state index contributed by atoms with van der Waals surface area (Å²) in [7, 11) is 0. The molecule has 6 heteroatoms. The number of rotatable bonds is 6. The van der Waals surface area contributed by atoms with Gasteiger partial charge in [-0.1, -0.05) is 38.1 Å². The summed E-state index contributed by atoms with van der Waals surface area (Å²) in [4.78, 5) is 38.2. The molecule has 4 atom stereocenters. The third kappa shape index (κ3) is 4.43. The first-order valence-electron chi connectivity index (χ1n) is 9.82. The number of ether oxygens (including phenoxy) is 2. The van der Waals surface area contributed by atoms with Gasteiger partial charge in [-0.2, -0.15) is 0 Å². The summed E-state index contributed by atoms with van der Waals surface area (Å²) < 4.78 is 10.3. The van der Waals surface area contributed by atoms with Gasteiger partial charge in [-0.25, -0.2) is 0 Å². The number of ketones is 1. The molecule has 1 aliphatic rings. The van der Waals surface area contributed by atoms with Crippen LogP contribution in [0.3, 0.4) is 0 Å². The monoisotopic (exact) mass is 390 g/mol. The maximum atomic E-state index is 12.8. The van der Waals surface area contributed by atoms with Crippen LogP contribution in [-0.4, -0.2) is 41.6 Å². The Hall–Kier alpha value is -2.21. The van der Waals surface area contributed by atoms with Gasteiger partial charge in [-0.15, -0.1) is 0 Å². The lowest BCUT2D eigenvalue weighted by atomic mass is 9.61. The lowest BCUT2D eigenvalue weighted by molar-refractivity contribution is -0.172. The van der Waals surface area contributed by atoms with Crippen LogP contribution in [0.4, 0.5) is 0 Å². The molecule has 0 amide bonds. The molecule has 0 radical (unpaired) electrons. The van der Waals surface area contributed by atoms with Crippen molar-refractivity contribution in [2.24, 2.45) is 11.8 Å². The molecule has 0 heterocycles. The van der Waals surface area contributed by atoms with Crippen molar-refractivity contribution in [3.8, 4) is 0 Å². The SMILES string of the molecule is CCOC(=O)[C@@H]1C(=O)C[C@](C)(O)[C@@H](C(=O)OCC)[C@H]1c1ccc(C(C)C)cc1. The minimum atomic E-state index is -1.62. The van der Waals surface area contributed by atoms with Crippen LogP contribution in [0, 0.1) is 11.8 Å². The maximum absolute atomic E-state index is 12.8. The number of Topliss-reactive ketones (excluding diaryl/α,β-unsaturated/α-hetero) is 1. The number of esters is 2. The Bertz CT molecular complexity index is 719. The van der Waals surface area contributed by atoms with E-state index in [0.717, 1.165) is 5.56 Å². The van der Waals surface area contributed by atoms with Crippen molar-refractivity contribution in [1.82, 2.24) is 0 Å². The van der Waals surface area contributed by atoms with Gasteiger partial charge in [0.25, 0.3) is 0 Å². The Balaban J connectivity index is 2.59. The van der Waals surface area contributed by atoms with Crippen LogP contribution in [0.5, 0.6) is 0 Å². The quantitative estimate of drug-likeness (QED) is 0.593. The molecule has 0 bridgehead atoms. The van der Waals surface area contributed by atoms with E-state index in [0.29, 0.717) is 11.5 Å². The average Bonchev–Trinajstić information content (AvgIpc) is 2.60. The third-order valence-corrected chi connectivity index (χ3v) is 5.34. The molecule has 2 rings (SSSR count). The number of aliphatic hydroxyl groups is 1. The molecule has 28 heavy (non-hydrogen) atoms. The second-order valence-corrected chi connectivity index (χ2v) is 7.81. The first kappa shape index (κ1) is 22.1. The van der Waals surface area contributed by atoms with E-state index >= 15 is 0 Å². The van der Waals surface area contributed by atoms with Crippen molar-refractivity contribution >= 4 is 17.7 Å². The molecule has 1 aromatic carbocycles. The Morgan fingerprint density at radius 2 is 1.64 bits per heavy atom. The molecule has 0 aromatic heterocycles. The molecule has 1 fully saturated rings. The summed E-state index contributed by atoms with van der Waals surface area (Å²) in [5.74, 6) is -4.46. The molecule has 0 aliphatic heterocycles. The van der Waals surface area contributed by atoms with E-state index in [9.17, 15) is 19.5 Å². The molecule has 1 saturated carbocycles. The standard InChI is InChI=1S/C22H30O6/c1-6-27-20(24)18-16(23)12-22(5,26)19(21(25)28-7-2)17(18)15-10-8-14(9-11-15)13(3)4/h8-11,13,17-19,26H,6-7,12H2,1-5H3/t17-,18+,19+,22-/m0/s1. The molecule has 1 aromatic rings. The summed E-state index contributed by atoms with van der Waals surface area (Å²) in [5, 5.41) is 10.9. The second-order valence-electron chi connectivity index (χ2n) is 7.81. The number of hydrogen-bond acceptors (Lipinski definition) is 6. The van der Waals surface area contributed by atoms with Gasteiger partial charge in [0.1, 0.15) is 5.92 Å². The molecular weight excluding hydrogens is 360 g/mol. The molecule has 154 valence electrons. The summed E-state index contributed by atoms with van der Waals surface area (Å²) >= 11 is 0. The highest BCUT2D eigenvalue weighted by Gasteiger charge is 2.57. The van der Waals surface area contributed by atoms with Gasteiger partial charge in [0.05, 0.1) is 24.7 Å². The Labute approximate surface area is 166 Å². The first-order chi connectivity index (χ1) is 13.1. The van der Waals surface area contributed by atoms with Gasteiger partial charge >= 0.3 is 11.9 Å². The number of hydrogen-bond donors (Lipinski definition) is 1. The number of carbonyl (C=O) groups is 3. The highest BCUT2D eigenvalue weighted by molar-refractivity contribution is 6.02. The molecule has 6 nitrogen and oxygen atoms in total. The van der Waals surface area contributed by atoms with Crippen molar-refractivity contribution in [2.75, 3.05) is 13.2 Å². The highest BCUT2D eigenvalue weighted by atomic mass is 16.5. The summed E-state index contributed by atoms with van der Waals surface area (Å²) in [6, 6.07) is 7.46. The molecule has 0 spiro atoms. The Morgan fingerprint density at radius 1 is 1.11 bits per heavy atom. The predicted molar refractivity (Wildman–Crippen MR) is 104 cm³/mol. The number of carbonyl (C=O) groups excluding carboxylic acids is 3. The zero-order valence-electron chi connectivity index (χ0n) is 17.2. The molecule has 1 aliphatic carbocycles. The Morgan fingerprint density at radius 3 is 2.14 bits per heavy atom. The van der Waals surface area contributed by atoms with Crippen LogP contribution in [0.15, 0.2) is 24.3 Å². The van der Waals surface area contributed by atoms with Gasteiger partial charge in [0, 0.05) is 12.3 Å². The van der Waals surface area contributed by atoms with Gasteiger partial charge in [-0.3, -0.25) is 14.4 Å². The van der Waals surface area contributed by atoms with E-state index in [2.05, 4.69) is 13.8 Å². The predicted octanol–water partition coefficient (Wildman–Crippen LogP) is 2.98. The fourth-order valence-corrected chi connectivity index (χ4v) is 3.98. The smallest absolute Gasteiger partial charge is 0.317 e. The van der Waals surface area contributed by atoms with Crippen molar-refractivity contribution in [3.63, 3.8) is 0 Å². The van der Waals surface area contributed by atoms with Crippen LogP contribution in [0.1, 0.15) is 64.0 Å². The van der Waals surface area contributed by atoms with Crippen molar-refractivity contribution < 1.29 is 29.0 Å².